The number of amides is 1. The monoisotopic (exact) mass is 182 g/mol. The van der Waals surface area contributed by atoms with Crippen LogP contribution in [-0.2, 0) is 4.79 Å². The zero-order valence-corrected chi connectivity index (χ0v) is 8.99. The van der Waals surface area contributed by atoms with Gasteiger partial charge in [0.25, 0.3) is 0 Å². The Morgan fingerprint density at radius 3 is 1.85 bits per heavy atom. The molecule has 0 aromatic carbocycles. The van der Waals surface area contributed by atoms with Crippen LogP contribution >= 0.6 is 0 Å². The largest absolute Gasteiger partial charge is 0.366 e. The van der Waals surface area contributed by atoms with Gasteiger partial charge in [0.15, 0.2) is 0 Å². The van der Waals surface area contributed by atoms with Crippen LogP contribution < -0.4 is 11.1 Å². The van der Waals surface area contributed by atoms with Crippen LogP contribution in [0.25, 0.3) is 0 Å². The first kappa shape index (κ1) is 10.3. The predicted molar refractivity (Wildman–Crippen MR) is 53.2 cm³/mol. The van der Waals surface area contributed by atoms with E-state index in [0.29, 0.717) is 0 Å². The van der Waals surface area contributed by atoms with Gasteiger partial charge in [0.2, 0.25) is 5.91 Å². The molecule has 1 aliphatic rings. The summed E-state index contributed by atoms with van der Waals surface area (Å²) in [6.07, 6.45) is 0. The molecule has 3 N–H and O–H groups in total. The van der Waals surface area contributed by atoms with Crippen molar-refractivity contribution in [3.8, 4) is 0 Å². The predicted octanol–water partition coefficient (Wildman–Crippen LogP) is 0.949. The van der Waals surface area contributed by atoms with E-state index in [2.05, 4.69) is 19.2 Å². The lowest BCUT2D eigenvalue weighted by atomic mass is 9.91. The molecule has 0 spiro atoms. The number of nitrogens with two attached hydrogens (primary N) is 1. The van der Waals surface area contributed by atoms with Crippen molar-refractivity contribution in [2.75, 3.05) is 0 Å². The number of carbonyl (C=O) groups excluding carboxylic acids is 1. The van der Waals surface area contributed by atoms with Crippen LogP contribution in [0.5, 0.6) is 0 Å². The first-order valence-corrected chi connectivity index (χ1v) is 4.49. The quantitative estimate of drug-likeness (QED) is 0.634. The summed E-state index contributed by atoms with van der Waals surface area (Å²) in [5.41, 5.74) is 6.68. The second kappa shape index (κ2) is 2.58. The molecule has 0 aliphatic carbocycles. The maximum atomic E-state index is 11.2. The van der Waals surface area contributed by atoms with E-state index in [1.165, 1.54) is 0 Å². The molecule has 3 nitrogen and oxygen atoms in total. The Balaban J connectivity index is 3.26. The van der Waals surface area contributed by atoms with Gasteiger partial charge in [0.1, 0.15) is 0 Å². The van der Waals surface area contributed by atoms with Crippen molar-refractivity contribution in [3.05, 3.63) is 11.1 Å². The van der Waals surface area contributed by atoms with Gasteiger partial charge in [-0.25, -0.2) is 0 Å². The fraction of sp³-hybridized carbons (Fsp3) is 0.700. The molecule has 1 aliphatic heterocycles. The Bertz CT molecular complexity index is 287. The van der Waals surface area contributed by atoms with Gasteiger partial charge in [-0.3, -0.25) is 10.1 Å². The number of carbonyl (C=O) groups is 1. The summed E-state index contributed by atoms with van der Waals surface area (Å²) >= 11 is 0. The minimum atomic E-state index is -0.319. The summed E-state index contributed by atoms with van der Waals surface area (Å²) in [4.78, 5) is 11.2. The van der Waals surface area contributed by atoms with Crippen LogP contribution in [0.2, 0.25) is 0 Å². The van der Waals surface area contributed by atoms with Crippen molar-refractivity contribution in [2.24, 2.45) is 5.73 Å². The number of hydrogen-bond donors (Lipinski definition) is 2. The minimum absolute atomic E-state index is 0.131. The van der Waals surface area contributed by atoms with E-state index >= 15 is 0 Å². The Labute approximate surface area is 79.4 Å². The number of hydrogen-bond acceptors (Lipinski definition) is 2. The highest BCUT2D eigenvalue weighted by Gasteiger charge is 2.43. The molecular formula is C10H18N2O. The lowest BCUT2D eigenvalue weighted by Crippen LogP contribution is -2.47. The van der Waals surface area contributed by atoms with Crippen LogP contribution in [-0.4, -0.2) is 17.0 Å². The van der Waals surface area contributed by atoms with Crippen LogP contribution in [0.3, 0.4) is 0 Å². The molecule has 0 aromatic heterocycles. The average molecular weight is 182 g/mol. The lowest BCUT2D eigenvalue weighted by Gasteiger charge is -2.27. The first-order chi connectivity index (χ1) is 5.68. The Morgan fingerprint density at radius 2 is 1.69 bits per heavy atom. The Morgan fingerprint density at radius 1 is 1.23 bits per heavy atom. The maximum Gasteiger partial charge on any atom is 0.246 e. The number of primary amides is 1. The van der Waals surface area contributed by atoms with Gasteiger partial charge < -0.3 is 5.73 Å². The van der Waals surface area contributed by atoms with Crippen LogP contribution in [0.1, 0.15) is 34.6 Å². The van der Waals surface area contributed by atoms with E-state index < -0.39 is 0 Å². The molecule has 0 saturated heterocycles. The average Bonchev–Trinajstić information content (AvgIpc) is 1.96. The second-order valence-electron chi connectivity index (χ2n) is 4.74. The maximum absolute atomic E-state index is 11.2. The molecule has 1 amide bonds. The third kappa shape index (κ3) is 1.48. The molecule has 0 aromatic rings. The fourth-order valence-corrected chi connectivity index (χ4v) is 2.21. The highest BCUT2D eigenvalue weighted by atomic mass is 16.1. The van der Waals surface area contributed by atoms with Crippen molar-refractivity contribution in [2.45, 2.75) is 45.7 Å². The zero-order chi connectivity index (χ0) is 10.4. The molecule has 1 rings (SSSR count). The first-order valence-electron chi connectivity index (χ1n) is 4.49. The summed E-state index contributed by atoms with van der Waals surface area (Å²) < 4.78 is 0. The summed E-state index contributed by atoms with van der Waals surface area (Å²) in [6.45, 7) is 10.0. The van der Waals surface area contributed by atoms with Crippen molar-refractivity contribution in [1.82, 2.24) is 5.32 Å². The molecule has 0 fully saturated rings. The van der Waals surface area contributed by atoms with Gasteiger partial charge in [-0.05, 0) is 40.2 Å². The molecular weight excluding hydrogens is 164 g/mol. The van der Waals surface area contributed by atoms with Crippen LogP contribution in [0.15, 0.2) is 11.1 Å². The normalized spacial score (nSPS) is 25.0. The van der Waals surface area contributed by atoms with Gasteiger partial charge in [-0.1, -0.05) is 0 Å². The number of nitrogens with one attached hydrogen (secondary N) is 1. The number of rotatable bonds is 1. The molecule has 0 bridgehead atoms. The smallest absolute Gasteiger partial charge is 0.246 e. The van der Waals surface area contributed by atoms with E-state index in [-0.39, 0.29) is 17.0 Å². The third-order valence-corrected chi connectivity index (χ3v) is 2.81. The molecule has 0 radical (unpaired) electrons. The highest BCUT2D eigenvalue weighted by molar-refractivity contribution is 5.96. The SMILES string of the molecule is CC1=C(C(N)=O)C(C)(C)NC1(C)C. The summed E-state index contributed by atoms with van der Waals surface area (Å²) in [7, 11) is 0. The third-order valence-electron chi connectivity index (χ3n) is 2.81. The van der Waals surface area contributed by atoms with Crippen molar-refractivity contribution >= 4 is 5.91 Å². The summed E-state index contributed by atoms with van der Waals surface area (Å²) in [5, 5.41) is 3.38. The van der Waals surface area contributed by atoms with E-state index in [9.17, 15) is 4.79 Å². The second-order valence-corrected chi connectivity index (χ2v) is 4.74. The van der Waals surface area contributed by atoms with Crippen molar-refractivity contribution in [3.63, 3.8) is 0 Å². The van der Waals surface area contributed by atoms with Crippen molar-refractivity contribution in [1.29, 1.82) is 0 Å². The van der Waals surface area contributed by atoms with Gasteiger partial charge in [-0.15, -0.1) is 0 Å². The van der Waals surface area contributed by atoms with E-state index in [0.717, 1.165) is 11.1 Å². The van der Waals surface area contributed by atoms with E-state index in [1.54, 1.807) is 0 Å². The van der Waals surface area contributed by atoms with Gasteiger partial charge in [0.05, 0.1) is 0 Å². The van der Waals surface area contributed by atoms with Crippen LogP contribution in [0.4, 0.5) is 0 Å². The fourth-order valence-electron chi connectivity index (χ4n) is 2.21. The molecule has 0 unspecified atom stereocenters. The standard InChI is InChI=1S/C10H18N2O/c1-6-7(8(11)13)10(4,5)12-9(6,2)3/h12H,1-5H3,(H2,11,13). The molecule has 74 valence electrons. The van der Waals surface area contributed by atoms with Crippen LogP contribution in [0, 0.1) is 0 Å². The topological polar surface area (TPSA) is 55.1 Å². The molecule has 0 atom stereocenters. The molecule has 13 heavy (non-hydrogen) atoms. The minimum Gasteiger partial charge on any atom is -0.366 e. The van der Waals surface area contributed by atoms with E-state index in [1.807, 2.05) is 20.8 Å². The van der Waals surface area contributed by atoms with E-state index in [4.69, 9.17) is 5.73 Å². The molecule has 3 heteroatoms. The summed E-state index contributed by atoms with van der Waals surface area (Å²) in [6, 6.07) is 0. The van der Waals surface area contributed by atoms with Gasteiger partial charge >= 0.3 is 0 Å². The van der Waals surface area contributed by atoms with Crippen molar-refractivity contribution < 1.29 is 4.79 Å². The molecule has 1 heterocycles. The highest BCUT2D eigenvalue weighted by Crippen LogP contribution is 2.35. The summed E-state index contributed by atoms with van der Waals surface area (Å²) in [5.74, 6) is -0.319. The van der Waals surface area contributed by atoms with Gasteiger partial charge in [0, 0.05) is 16.7 Å². The zero-order valence-electron chi connectivity index (χ0n) is 8.99. The Hall–Kier alpha value is -0.830. The Kier molecular flexibility index (Phi) is 2.03. The lowest BCUT2D eigenvalue weighted by molar-refractivity contribution is -0.115. The molecule has 0 saturated carbocycles. The van der Waals surface area contributed by atoms with Gasteiger partial charge in [-0.2, -0.15) is 0 Å².